The van der Waals surface area contributed by atoms with Gasteiger partial charge in [-0.15, -0.1) is 0 Å². The van der Waals surface area contributed by atoms with Gasteiger partial charge in [-0.3, -0.25) is 9.48 Å². The number of carboxylic acids is 1. The minimum atomic E-state index is -0.912. The summed E-state index contributed by atoms with van der Waals surface area (Å²) in [6.07, 6.45) is 1.70. The molecule has 1 N–H and O–H groups in total. The highest BCUT2D eigenvalue weighted by Crippen LogP contribution is 2.27. The van der Waals surface area contributed by atoms with Crippen LogP contribution in [-0.2, 0) is 11.3 Å². The number of ether oxygens (including phenoxy) is 1. The van der Waals surface area contributed by atoms with Crippen LogP contribution >= 0.6 is 0 Å². The molecular formula is C13H15N3O3. The molecule has 0 unspecified atom stereocenters. The van der Waals surface area contributed by atoms with Crippen LogP contribution in [0.25, 0.3) is 11.1 Å². The van der Waals surface area contributed by atoms with Gasteiger partial charge < -0.3 is 9.84 Å². The van der Waals surface area contributed by atoms with E-state index in [0.717, 1.165) is 22.5 Å². The second kappa shape index (κ2) is 5.09. The number of carboxylic acid groups (broad SMARTS) is 1. The molecule has 0 fully saturated rings. The molecule has 2 aromatic rings. The summed E-state index contributed by atoms with van der Waals surface area (Å²) < 4.78 is 6.50. The van der Waals surface area contributed by atoms with Crippen molar-refractivity contribution in [3.05, 3.63) is 29.7 Å². The zero-order valence-electron chi connectivity index (χ0n) is 11.0. The van der Waals surface area contributed by atoms with Gasteiger partial charge in [-0.05, 0) is 19.9 Å². The van der Waals surface area contributed by atoms with Crippen LogP contribution in [0.1, 0.15) is 11.4 Å². The molecule has 0 atom stereocenters. The molecule has 0 amide bonds. The second-order valence-electron chi connectivity index (χ2n) is 4.19. The van der Waals surface area contributed by atoms with Crippen molar-refractivity contribution >= 4 is 5.97 Å². The number of aliphatic carboxylic acids is 1. The Balaban J connectivity index is 2.43. The van der Waals surface area contributed by atoms with E-state index in [-0.39, 0.29) is 6.54 Å². The smallest absolute Gasteiger partial charge is 0.325 e. The first-order valence-corrected chi connectivity index (χ1v) is 5.79. The van der Waals surface area contributed by atoms with Crippen molar-refractivity contribution in [2.75, 3.05) is 7.11 Å². The van der Waals surface area contributed by atoms with E-state index < -0.39 is 5.97 Å². The summed E-state index contributed by atoms with van der Waals surface area (Å²) in [4.78, 5) is 14.9. The third-order valence-corrected chi connectivity index (χ3v) is 2.90. The Kier molecular flexibility index (Phi) is 3.50. The highest BCUT2D eigenvalue weighted by molar-refractivity contribution is 5.70. The number of nitrogens with zero attached hydrogens (tertiary/aromatic N) is 3. The predicted octanol–water partition coefficient (Wildman–Crippen LogP) is 1.66. The fourth-order valence-electron chi connectivity index (χ4n) is 2.05. The lowest BCUT2D eigenvalue weighted by Crippen LogP contribution is -2.11. The van der Waals surface area contributed by atoms with Gasteiger partial charge in [0.05, 0.1) is 12.8 Å². The average Bonchev–Trinajstić information content (AvgIpc) is 2.64. The Bertz CT molecular complexity index is 602. The highest BCUT2D eigenvalue weighted by atomic mass is 16.5. The number of aryl methyl sites for hydroxylation is 1. The fourth-order valence-corrected chi connectivity index (χ4v) is 2.05. The van der Waals surface area contributed by atoms with Gasteiger partial charge in [-0.25, -0.2) is 4.98 Å². The van der Waals surface area contributed by atoms with Gasteiger partial charge >= 0.3 is 5.97 Å². The van der Waals surface area contributed by atoms with Crippen LogP contribution < -0.4 is 4.74 Å². The normalized spacial score (nSPS) is 10.5. The van der Waals surface area contributed by atoms with E-state index in [1.807, 2.05) is 19.9 Å². The van der Waals surface area contributed by atoms with E-state index in [4.69, 9.17) is 9.84 Å². The van der Waals surface area contributed by atoms with Gasteiger partial charge in [-0.2, -0.15) is 5.10 Å². The number of hydrogen-bond acceptors (Lipinski definition) is 4. The number of carbonyl (C=O) groups is 1. The lowest BCUT2D eigenvalue weighted by Gasteiger charge is -2.04. The molecule has 19 heavy (non-hydrogen) atoms. The van der Waals surface area contributed by atoms with Crippen molar-refractivity contribution < 1.29 is 14.6 Å². The standard InChI is InChI=1S/C13H15N3O3/c1-8-13(9(2)16(15-8)7-12(17)18)10-4-5-11(19-3)14-6-10/h4-6H,7H2,1-3H3,(H,17,18). The van der Waals surface area contributed by atoms with Crippen molar-refractivity contribution in [3.8, 4) is 17.0 Å². The summed E-state index contributed by atoms with van der Waals surface area (Å²) in [5, 5.41) is 13.1. The van der Waals surface area contributed by atoms with Crippen molar-refractivity contribution in [1.29, 1.82) is 0 Å². The zero-order chi connectivity index (χ0) is 14.0. The van der Waals surface area contributed by atoms with Gasteiger partial charge in [0.15, 0.2) is 0 Å². The minimum Gasteiger partial charge on any atom is -0.481 e. The maximum atomic E-state index is 10.8. The molecule has 0 spiro atoms. The molecule has 0 aliphatic carbocycles. The van der Waals surface area contributed by atoms with Crippen LogP contribution in [0, 0.1) is 13.8 Å². The van der Waals surface area contributed by atoms with Crippen molar-refractivity contribution in [2.45, 2.75) is 20.4 Å². The topological polar surface area (TPSA) is 77.2 Å². The Morgan fingerprint density at radius 3 is 2.68 bits per heavy atom. The van der Waals surface area contributed by atoms with Crippen molar-refractivity contribution in [2.24, 2.45) is 0 Å². The first-order valence-electron chi connectivity index (χ1n) is 5.79. The summed E-state index contributed by atoms with van der Waals surface area (Å²) in [6.45, 7) is 3.56. The Morgan fingerprint density at radius 2 is 2.16 bits per heavy atom. The van der Waals surface area contributed by atoms with Gasteiger partial charge in [0.25, 0.3) is 0 Å². The van der Waals surface area contributed by atoms with E-state index in [1.54, 1.807) is 19.4 Å². The van der Waals surface area contributed by atoms with Crippen LogP contribution in [0.15, 0.2) is 18.3 Å². The third-order valence-electron chi connectivity index (χ3n) is 2.90. The number of hydrogen-bond donors (Lipinski definition) is 1. The lowest BCUT2D eigenvalue weighted by atomic mass is 10.1. The average molecular weight is 261 g/mol. The first-order chi connectivity index (χ1) is 9.02. The molecule has 2 aromatic heterocycles. The van der Waals surface area contributed by atoms with Crippen LogP contribution in [0.2, 0.25) is 0 Å². The number of aromatic nitrogens is 3. The van der Waals surface area contributed by atoms with Gasteiger partial charge in [0.2, 0.25) is 5.88 Å². The quantitative estimate of drug-likeness (QED) is 0.905. The van der Waals surface area contributed by atoms with Crippen LogP contribution in [0.4, 0.5) is 0 Å². The fraction of sp³-hybridized carbons (Fsp3) is 0.308. The Morgan fingerprint density at radius 1 is 1.42 bits per heavy atom. The summed E-state index contributed by atoms with van der Waals surface area (Å²) in [7, 11) is 1.56. The molecule has 0 aromatic carbocycles. The van der Waals surface area contributed by atoms with Crippen molar-refractivity contribution in [3.63, 3.8) is 0 Å². The highest BCUT2D eigenvalue weighted by Gasteiger charge is 2.15. The SMILES string of the molecule is COc1ccc(-c2c(C)nn(CC(=O)O)c2C)cn1. The van der Waals surface area contributed by atoms with Crippen LogP contribution in [0.3, 0.4) is 0 Å². The Labute approximate surface area is 110 Å². The van der Waals surface area contributed by atoms with Crippen molar-refractivity contribution in [1.82, 2.24) is 14.8 Å². The number of rotatable bonds is 4. The predicted molar refractivity (Wildman–Crippen MR) is 69.1 cm³/mol. The summed E-state index contributed by atoms with van der Waals surface area (Å²) in [6, 6.07) is 3.65. The summed E-state index contributed by atoms with van der Waals surface area (Å²) in [5.74, 6) is -0.373. The number of pyridine rings is 1. The monoisotopic (exact) mass is 261 g/mol. The van der Waals surface area contributed by atoms with Crippen LogP contribution in [-0.4, -0.2) is 33.0 Å². The molecule has 2 rings (SSSR count). The van der Waals surface area contributed by atoms with E-state index in [1.165, 1.54) is 4.68 Å². The van der Waals surface area contributed by atoms with E-state index in [2.05, 4.69) is 10.1 Å². The molecule has 6 heteroatoms. The lowest BCUT2D eigenvalue weighted by molar-refractivity contribution is -0.137. The van der Waals surface area contributed by atoms with E-state index in [0.29, 0.717) is 5.88 Å². The molecular weight excluding hydrogens is 246 g/mol. The van der Waals surface area contributed by atoms with Gasteiger partial charge in [-0.1, -0.05) is 0 Å². The number of methoxy groups -OCH3 is 1. The molecule has 0 radical (unpaired) electrons. The van der Waals surface area contributed by atoms with E-state index >= 15 is 0 Å². The third kappa shape index (κ3) is 2.57. The molecule has 0 bridgehead atoms. The second-order valence-corrected chi connectivity index (χ2v) is 4.19. The molecule has 0 saturated heterocycles. The summed E-state index contributed by atoms with van der Waals surface area (Å²) in [5.41, 5.74) is 3.40. The molecule has 0 aliphatic rings. The van der Waals surface area contributed by atoms with Gasteiger partial charge in [0.1, 0.15) is 6.54 Å². The molecule has 6 nitrogen and oxygen atoms in total. The molecule has 0 saturated carbocycles. The minimum absolute atomic E-state index is 0.143. The van der Waals surface area contributed by atoms with E-state index in [9.17, 15) is 4.79 Å². The van der Waals surface area contributed by atoms with Gasteiger partial charge in [0, 0.05) is 29.1 Å². The Hall–Kier alpha value is -2.37. The van der Waals surface area contributed by atoms with Crippen LogP contribution in [0.5, 0.6) is 5.88 Å². The first kappa shape index (κ1) is 13.1. The zero-order valence-corrected chi connectivity index (χ0v) is 11.0. The maximum absolute atomic E-state index is 10.8. The summed E-state index contributed by atoms with van der Waals surface area (Å²) >= 11 is 0. The maximum Gasteiger partial charge on any atom is 0.325 e. The molecule has 100 valence electrons. The molecule has 2 heterocycles. The largest absolute Gasteiger partial charge is 0.481 e. The molecule has 0 aliphatic heterocycles.